The van der Waals surface area contributed by atoms with Crippen molar-refractivity contribution in [3.05, 3.63) is 92.3 Å². The van der Waals surface area contributed by atoms with E-state index < -0.39 is 11.8 Å². The molecule has 1 aromatic heterocycles. The van der Waals surface area contributed by atoms with Crippen LogP contribution in [0.2, 0.25) is 10.0 Å². The number of fused-ring (bicyclic) bond motifs is 1. The maximum Gasteiger partial charge on any atom is 0.316 e. The number of halogens is 3. The highest BCUT2D eigenvalue weighted by molar-refractivity contribution is 6.36. The number of urea groups is 1. The second-order valence-corrected chi connectivity index (χ2v) is 10.2. The number of nitrogens with one attached hydrogen (secondary N) is 1. The molecule has 190 valence electrons. The van der Waals surface area contributed by atoms with Gasteiger partial charge in [-0.15, -0.1) is 0 Å². The third-order valence-corrected chi connectivity index (χ3v) is 7.30. The molecule has 0 bridgehead atoms. The van der Waals surface area contributed by atoms with E-state index in [1.807, 2.05) is 55.8 Å². The summed E-state index contributed by atoms with van der Waals surface area (Å²) in [7, 11) is 0. The topological polar surface area (TPSA) is 76.2 Å². The fourth-order valence-corrected chi connectivity index (χ4v) is 5.59. The lowest BCUT2D eigenvalue weighted by Gasteiger charge is -2.30. The molecule has 0 atom stereocenters. The highest BCUT2D eigenvalue weighted by Crippen LogP contribution is 2.39. The van der Waals surface area contributed by atoms with E-state index in [0.717, 1.165) is 51.6 Å². The molecular weight excluding hydrogens is 512 g/mol. The molecule has 0 saturated carbocycles. The van der Waals surface area contributed by atoms with E-state index in [1.165, 1.54) is 6.07 Å². The smallest absolute Gasteiger partial charge is 0.316 e. The number of hydrogen-bond donors (Lipinski definition) is 2. The van der Waals surface area contributed by atoms with Crippen LogP contribution >= 0.6 is 23.2 Å². The number of rotatable bonds is 4. The zero-order chi connectivity index (χ0) is 26.4. The number of carbonyl (C=O) groups is 1. The van der Waals surface area contributed by atoms with E-state index >= 15 is 4.39 Å². The second-order valence-electron chi connectivity index (χ2n) is 9.33. The van der Waals surface area contributed by atoms with Crippen LogP contribution in [0.5, 0.6) is 0 Å². The Morgan fingerprint density at radius 2 is 1.78 bits per heavy atom. The number of carbonyl (C=O) groups excluding carboxylic acids is 1. The Labute approximate surface area is 224 Å². The van der Waals surface area contributed by atoms with Crippen LogP contribution in [0, 0.1) is 26.6 Å². The first kappa shape index (κ1) is 25.1. The first-order chi connectivity index (χ1) is 17.6. The summed E-state index contributed by atoms with van der Waals surface area (Å²) in [6.45, 7) is 7.23. The van der Waals surface area contributed by atoms with Crippen LogP contribution < -0.4 is 16.0 Å². The average Bonchev–Trinajstić information content (AvgIpc) is 3.19. The second kappa shape index (κ2) is 9.72. The molecule has 0 unspecified atom stereocenters. The SMILES string of the molecule is Cc1cc(NC(N)=O)c(F)cc1-c1c2c(nn1-c1c(C)cccc1C)CCN(c1ccc(Cl)cc1Cl)C2. The van der Waals surface area contributed by atoms with Crippen molar-refractivity contribution in [1.82, 2.24) is 9.78 Å². The quantitative estimate of drug-likeness (QED) is 0.295. The summed E-state index contributed by atoms with van der Waals surface area (Å²) in [4.78, 5) is 13.6. The predicted octanol–water partition coefficient (Wildman–Crippen LogP) is 6.96. The van der Waals surface area contributed by atoms with Crippen molar-refractivity contribution in [2.75, 3.05) is 16.8 Å². The van der Waals surface area contributed by atoms with Crippen molar-refractivity contribution in [3.8, 4) is 16.9 Å². The molecule has 0 saturated heterocycles. The molecule has 0 spiro atoms. The van der Waals surface area contributed by atoms with Crippen molar-refractivity contribution < 1.29 is 9.18 Å². The lowest BCUT2D eigenvalue weighted by atomic mass is 9.96. The summed E-state index contributed by atoms with van der Waals surface area (Å²) in [6.07, 6.45) is 0.696. The Balaban J connectivity index is 1.72. The number of benzene rings is 3. The van der Waals surface area contributed by atoms with Gasteiger partial charge in [-0.3, -0.25) is 0 Å². The Hall–Kier alpha value is -3.55. The molecule has 0 fully saturated rings. The molecule has 3 N–H and O–H groups in total. The summed E-state index contributed by atoms with van der Waals surface area (Å²) >= 11 is 12.7. The monoisotopic (exact) mass is 537 g/mol. The van der Waals surface area contributed by atoms with Crippen LogP contribution in [0.3, 0.4) is 0 Å². The molecule has 1 aliphatic heterocycles. The fourth-order valence-electron chi connectivity index (χ4n) is 5.06. The molecule has 2 amide bonds. The van der Waals surface area contributed by atoms with Crippen molar-refractivity contribution in [1.29, 1.82) is 0 Å². The van der Waals surface area contributed by atoms with Crippen molar-refractivity contribution >= 4 is 40.6 Å². The fraction of sp³-hybridized carbons (Fsp3) is 0.214. The highest BCUT2D eigenvalue weighted by atomic mass is 35.5. The van der Waals surface area contributed by atoms with Crippen molar-refractivity contribution in [3.63, 3.8) is 0 Å². The largest absolute Gasteiger partial charge is 0.365 e. The summed E-state index contributed by atoms with van der Waals surface area (Å²) in [5.41, 5.74) is 13.5. The van der Waals surface area contributed by atoms with Gasteiger partial charge < -0.3 is 16.0 Å². The van der Waals surface area contributed by atoms with E-state index in [2.05, 4.69) is 10.2 Å². The highest BCUT2D eigenvalue weighted by Gasteiger charge is 2.29. The molecule has 2 heterocycles. The van der Waals surface area contributed by atoms with Crippen LogP contribution in [0.4, 0.5) is 20.6 Å². The lowest BCUT2D eigenvalue weighted by molar-refractivity contribution is 0.259. The number of primary amides is 1. The number of amides is 2. The van der Waals surface area contributed by atoms with Crippen LogP contribution in [-0.2, 0) is 13.0 Å². The van der Waals surface area contributed by atoms with Crippen LogP contribution in [-0.4, -0.2) is 22.4 Å². The number of aromatic nitrogens is 2. The van der Waals surface area contributed by atoms with E-state index in [1.54, 1.807) is 12.1 Å². The molecule has 6 nitrogen and oxygen atoms in total. The number of anilines is 2. The molecular formula is C28H26Cl2FN5O. The number of aryl methyl sites for hydroxylation is 3. The molecule has 4 aromatic rings. The minimum atomic E-state index is -0.820. The Morgan fingerprint density at radius 3 is 2.46 bits per heavy atom. The molecule has 37 heavy (non-hydrogen) atoms. The molecule has 0 radical (unpaired) electrons. The Bertz CT molecular complexity index is 1530. The van der Waals surface area contributed by atoms with Crippen molar-refractivity contribution in [2.24, 2.45) is 5.73 Å². The van der Waals surface area contributed by atoms with Gasteiger partial charge in [0.05, 0.1) is 33.5 Å². The number of hydrogen-bond acceptors (Lipinski definition) is 3. The molecule has 3 aromatic carbocycles. The van der Waals surface area contributed by atoms with Gasteiger partial charge in [0.2, 0.25) is 0 Å². The van der Waals surface area contributed by atoms with Crippen LogP contribution in [0.1, 0.15) is 27.9 Å². The number of para-hydroxylation sites is 1. The molecule has 9 heteroatoms. The number of nitrogens with two attached hydrogens (primary N) is 1. The summed E-state index contributed by atoms with van der Waals surface area (Å²) < 4.78 is 17.1. The van der Waals surface area contributed by atoms with Gasteiger partial charge in [0.15, 0.2) is 0 Å². The van der Waals surface area contributed by atoms with E-state index in [0.29, 0.717) is 28.6 Å². The van der Waals surface area contributed by atoms with Gasteiger partial charge >= 0.3 is 6.03 Å². The summed E-state index contributed by atoms with van der Waals surface area (Å²) in [5.74, 6) is -0.573. The van der Waals surface area contributed by atoms with Gasteiger partial charge in [-0.25, -0.2) is 13.9 Å². The van der Waals surface area contributed by atoms with E-state index in [4.69, 9.17) is 34.0 Å². The van der Waals surface area contributed by atoms with Crippen LogP contribution in [0.15, 0.2) is 48.5 Å². The minimum Gasteiger partial charge on any atom is -0.365 e. The molecule has 0 aliphatic carbocycles. The normalized spacial score (nSPS) is 13.0. The first-order valence-corrected chi connectivity index (χ1v) is 12.6. The number of nitrogens with zero attached hydrogens (tertiary/aromatic N) is 3. The maximum atomic E-state index is 15.2. The van der Waals surface area contributed by atoms with Crippen molar-refractivity contribution in [2.45, 2.75) is 33.7 Å². The molecule has 5 rings (SSSR count). The van der Waals surface area contributed by atoms with Gasteiger partial charge in [0.25, 0.3) is 0 Å². The maximum absolute atomic E-state index is 15.2. The van der Waals surface area contributed by atoms with E-state index in [-0.39, 0.29) is 5.69 Å². The molecule has 1 aliphatic rings. The summed E-state index contributed by atoms with van der Waals surface area (Å²) in [5, 5.41) is 8.56. The zero-order valence-corrected chi connectivity index (χ0v) is 22.2. The third kappa shape index (κ3) is 4.65. The van der Waals surface area contributed by atoms with E-state index in [9.17, 15) is 4.79 Å². The zero-order valence-electron chi connectivity index (χ0n) is 20.7. The van der Waals surface area contributed by atoms with Gasteiger partial charge in [-0.1, -0.05) is 41.4 Å². The Kier molecular flexibility index (Phi) is 6.60. The average molecular weight is 538 g/mol. The third-order valence-electron chi connectivity index (χ3n) is 6.76. The summed E-state index contributed by atoms with van der Waals surface area (Å²) in [6, 6.07) is 13.8. The van der Waals surface area contributed by atoms with Crippen LogP contribution in [0.25, 0.3) is 16.9 Å². The van der Waals surface area contributed by atoms with Gasteiger partial charge in [0.1, 0.15) is 5.82 Å². The minimum absolute atomic E-state index is 0.0373. The predicted molar refractivity (Wildman–Crippen MR) is 148 cm³/mol. The van der Waals surface area contributed by atoms with Gasteiger partial charge in [-0.05, 0) is 67.8 Å². The van der Waals surface area contributed by atoms with Gasteiger partial charge in [0, 0.05) is 35.7 Å². The standard InChI is InChI=1S/C28H26Cl2FN5O/c1-15-5-4-6-16(2)26(15)36-27(19-13-22(31)24(11-17(19)3)33-28(32)37)20-14-35(10-9-23(20)34-36)25-8-7-18(29)12-21(25)30/h4-8,11-13H,9-10,14H2,1-3H3,(H3,32,33,37). The lowest BCUT2D eigenvalue weighted by Crippen LogP contribution is -2.30. The van der Waals surface area contributed by atoms with Gasteiger partial charge in [-0.2, -0.15) is 5.10 Å². The first-order valence-electron chi connectivity index (χ1n) is 11.9. The Morgan fingerprint density at radius 1 is 1.05 bits per heavy atom.